The van der Waals surface area contributed by atoms with Gasteiger partial charge in [-0.2, -0.15) is 0 Å². The molecule has 2 rings (SSSR count). The first kappa shape index (κ1) is 10.4. The fourth-order valence-electron chi connectivity index (χ4n) is 1.19. The van der Waals surface area contributed by atoms with E-state index in [0.29, 0.717) is 17.0 Å². The summed E-state index contributed by atoms with van der Waals surface area (Å²) in [6.07, 6.45) is 0. The highest BCUT2D eigenvalue weighted by molar-refractivity contribution is 8.13. The van der Waals surface area contributed by atoms with Gasteiger partial charge in [-0.05, 0) is 18.2 Å². The predicted octanol–water partition coefficient (Wildman–Crippen LogP) is 1.21. The van der Waals surface area contributed by atoms with Gasteiger partial charge in [0.1, 0.15) is 5.52 Å². The fourth-order valence-corrected chi connectivity index (χ4v) is 1.96. The molecule has 2 aromatic rings. The third-order valence-electron chi connectivity index (χ3n) is 1.86. The number of oxazole rings is 1. The number of hydrogen-bond donors (Lipinski definition) is 1. The van der Waals surface area contributed by atoms with Crippen molar-refractivity contribution in [2.45, 2.75) is 11.4 Å². The summed E-state index contributed by atoms with van der Waals surface area (Å²) in [5, 5.41) is 0. The molecule has 0 spiro atoms. The summed E-state index contributed by atoms with van der Waals surface area (Å²) in [5.74, 6) is 0.356. The van der Waals surface area contributed by atoms with E-state index in [-0.39, 0.29) is 11.4 Å². The molecule has 0 radical (unpaired) electrons. The third kappa shape index (κ3) is 1.97. The Morgan fingerprint density at radius 2 is 2.20 bits per heavy atom. The molecule has 1 aromatic carbocycles. The van der Waals surface area contributed by atoms with Crippen LogP contribution in [0.15, 0.2) is 27.5 Å². The van der Waals surface area contributed by atoms with Crippen molar-refractivity contribution in [2.24, 2.45) is 5.73 Å². The van der Waals surface area contributed by atoms with E-state index in [1.807, 2.05) is 0 Å². The number of aromatic nitrogens is 1. The smallest absolute Gasteiger partial charge is 0.261 e. The van der Waals surface area contributed by atoms with Crippen molar-refractivity contribution in [1.82, 2.24) is 4.98 Å². The SMILES string of the molecule is NCc1nc2cc(S(=O)(=O)Cl)ccc2o1. The highest BCUT2D eigenvalue weighted by Gasteiger charge is 2.12. The van der Waals surface area contributed by atoms with Gasteiger partial charge in [-0.3, -0.25) is 0 Å². The molecule has 1 aromatic heterocycles. The Labute approximate surface area is 90.3 Å². The Balaban J connectivity index is 2.66. The van der Waals surface area contributed by atoms with Gasteiger partial charge in [-0.1, -0.05) is 0 Å². The van der Waals surface area contributed by atoms with Crippen LogP contribution in [0.4, 0.5) is 0 Å². The molecule has 0 aliphatic heterocycles. The van der Waals surface area contributed by atoms with Crippen LogP contribution in [-0.4, -0.2) is 13.4 Å². The van der Waals surface area contributed by atoms with Gasteiger partial charge < -0.3 is 10.2 Å². The van der Waals surface area contributed by atoms with E-state index in [0.717, 1.165) is 0 Å². The molecule has 0 atom stereocenters. The van der Waals surface area contributed by atoms with Gasteiger partial charge in [-0.15, -0.1) is 0 Å². The van der Waals surface area contributed by atoms with Crippen LogP contribution in [0, 0.1) is 0 Å². The predicted molar refractivity (Wildman–Crippen MR) is 54.9 cm³/mol. The first-order valence-electron chi connectivity index (χ1n) is 4.05. The normalized spacial score (nSPS) is 12.1. The topological polar surface area (TPSA) is 86.2 Å². The quantitative estimate of drug-likeness (QED) is 0.805. The molecule has 0 bridgehead atoms. The zero-order valence-electron chi connectivity index (χ0n) is 7.47. The molecule has 7 heteroatoms. The molecular formula is C8H7ClN2O3S. The van der Waals surface area contributed by atoms with Gasteiger partial charge in [0.05, 0.1) is 11.4 Å². The molecule has 80 valence electrons. The largest absolute Gasteiger partial charge is 0.439 e. The lowest BCUT2D eigenvalue weighted by atomic mass is 10.3. The Bertz CT molecular complexity index is 605. The molecule has 0 amide bonds. The van der Waals surface area contributed by atoms with Crippen LogP contribution in [0.5, 0.6) is 0 Å². The summed E-state index contributed by atoms with van der Waals surface area (Å²) >= 11 is 0. The van der Waals surface area contributed by atoms with E-state index < -0.39 is 9.05 Å². The van der Waals surface area contributed by atoms with E-state index in [2.05, 4.69) is 4.98 Å². The van der Waals surface area contributed by atoms with Crippen molar-refractivity contribution in [1.29, 1.82) is 0 Å². The molecule has 2 N–H and O–H groups in total. The van der Waals surface area contributed by atoms with Crippen molar-refractivity contribution in [2.75, 3.05) is 0 Å². The molecule has 0 fully saturated rings. The second-order valence-corrected chi connectivity index (χ2v) is 5.45. The monoisotopic (exact) mass is 246 g/mol. The first-order chi connectivity index (χ1) is 7.00. The van der Waals surface area contributed by atoms with E-state index >= 15 is 0 Å². The molecule has 1 heterocycles. The maximum absolute atomic E-state index is 11.0. The number of nitrogens with two attached hydrogens (primary N) is 1. The molecule has 0 unspecified atom stereocenters. The molecule has 5 nitrogen and oxygen atoms in total. The number of nitrogens with zero attached hydrogens (tertiary/aromatic N) is 1. The van der Waals surface area contributed by atoms with Crippen LogP contribution in [-0.2, 0) is 15.6 Å². The summed E-state index contributed by atoms with van der Waals surface area (Å²) < 4.78 is 27.3. The second-order valence-electron chi connectivity index (χ2n) is 2.88. The molecular weight excluding hydrogens is 240 g/mol. The Kier molecular flexibility index (Phi) is 2.41. The van der Waals surface area contributed by atoms with E-state index in [4.69, 9.17) is 20.8 Å². The molecule has 0 saturated carbocycles. The lowest BCUT2D eigenvalue weighted by Crippen LogP contribution is -1.95. The molecule has 0 aliphatic rings. The number of rotatable bonds is 2. The van der Waals surface area contributed by atoms with Crippen molar-refractivity contribution in [3.8, 4) is 0 Å². The zero-order chi connectivity index (χ0) is 11.1. The maximum Gasteiger partial charge on any atom is 0.261 e. The van der Waals surface area contributed by atoms with Crippen molar-refractivity contribution in [3.05, 3.63) is 24.1 Å². The van der Waals surface area contributed by atoms with Gasteiger partial charge in [0.15, 0.2) is 5.58 Å². The van der Waals surface area contributed by atoms with Crippen LogP contribution in [0.1, 0.15) is 5.89 Å². The van der Waals surface area contributed by atoms with Crippen LogP contribution in [0.3, 0.4) is 0 Å². The number of halogens is 1. The standard InChI is InChI=1S/C8H7ClN2O3S/c9-15(12,13)5-1-2-7-6(3-5)11-8(4-10)14-7/h1-3H,4,10H2. The minimum absolute atomic E-state index is 0.00598. The number of benzene rings is 1. The van der Waals surface area contributed by atoms with Crippen LogP contribution in [0.25, 0.3) is 11.1 Å². The first-order valence-corrected chi connectivity index (χ1v) is 6.36. The summed E-state index contributed by atoms with van der Waals surface area (Å²) in [7, 11) is 1.46. The van der Waals surface area contributed by atoms with Gasteiger partial charge in [0.2, 0.25) is 5.89 Å². The zero-order valence-corrected chi connectivity index (χ0v) is 9.05. The Hall–Kier alpha value is -1.11. The summed E-state index contributed by atoms with van der Waals surface area (Å²) in [6, 6.07) is 4.20. The van der Waals surface area contributed by atoms with Gasteiger partial charge in [-0.25, -0.2) is 13.4 Å². The summed E-state index contributed by atoms with van der Waals surface area (Å²) in [6.45, 7) is 0.164. The average Bonchev–Trinajstić information content (AvgIpc) is 2.57. The Morgan fingerprint density at radius 1 is 1.47 bits per heavy atom. The highest BCUT2D eigenvalue weighted by Crippen LogP contribution is 2.21. The van der Waals surface area contributed by atoms with Crippen molar-refractivity contribution < 1.29 is 12.8 Å². The van der Waals surface area contributed by atoms with E-state index in [9.17, 15) is 8.42 Å². The van der Waals surface area contributed by atoms with Crippen molar-refractivity contribution >= 4 is 30.8 Å². The van der Waals surface area contributed by atoms with Gasteiger partial charge in [0.25, 0.3) is 9.05 Å². The lowest BCUT2D eigenvalue weighted by molar-refractivity contribution is 0.533. The summed E-state index contributed by atoms with van der Waals surface area (Å²) in [4.78, 5) is 3.98. The molecule has 0 saturated heterocycles. The number of fused-ring (bicyclic) bond motifs is 1. The van der Waals surface area contributed by atoms with Gasteiger partial charge in [0, 0.05) is 10.7 Å². The van der Waals surface area contributed by atoms with Crippen LogP contribution >= 0.6 is 10.7 Å². The lowest BCUT2D eigenvalue weighted by Gasteiger charge is -1.93. The van der Waals surface area contributed by atoms with Gasteiger partial charge >= 0.3 is 0 Å². The fraction of sp³-hybridized carbons (Fsp3) is 0.125. The summed E-state index contributed by atoms with van der Waals surface area (Å²) in [5.41, 5.74) is 6.25. The average molecular weight is 247 g/mol. The van der Waals surface area contributed by atoms with E-state index in [1.54, 1.807) is 0 Å². The highest BCUT2D eigenvalue weighted by atomic mass is 35.7. The molecule has 0 aliphatic carbocycles. The van der Waals surface area contributed by atoms with E-state index in [1.165, 1.54) is 18.2 Å². The van der Waals surface area contributed by atoms with Crippen LogP contribution in [0.2, 0.25) is 0 Å². The minimum atomic E-state index is -3.73. The van der Waals surface area contributed by atoms with Crippen molar-refractivity contribution in [3.63, 3.8) is 0 Å². The number of hydrogen-bond acceptors (Lipinski definition) is 5. The third-order valence-corrected chi connectivity index (χ3v) is 3.21. The maximum atomic E-state index is 11.0. The second kappa shape index (κ2) is 3.48. The molecule has 15 heavy (non-hydrogen) atoms. The minimum Gasteiger partial charge on any atom is -0.439 e. The van der Waals surface area contributed by atoms with Crippen LogP contribution < -0.4 is 5.73 Å². The Morgan fingerprint density at radius 3 is 2.80 bits per heavy atom.